The van der Waals surface area contributed by atoms with Gasteiger partial charge in [0, 0.05) is 10.8 Å². The van der Waals surface area contributed by atoms with Crippen LogP contribution in [0.3, 0.4) is 0 Å². The molecule has 1 N–H and O–H groups in total. The highest BCUT2D eigenvalue weighted by molar-refractivity contribution is 8.00. The van der Waals surface area contributed by atoms with Gasteiger partial charge in [-0.3, -0.25) is 14.4 Å². The number of methoxy groups -OCH3 is 1. The van der Waals surface area contributed by atoms with Gasteiger partial charge in [0.2, 0.25) is 11.8 Å². The molecule has 3 heterocycles. The number of aryl methyl sites for hydroxylation is 1. The van der Waals surface area contributed by atoms with Gasteiger partial charge in [-0.15, -0.1) is 0 Å². The summed E-state index contributed by atoms with van der Waals surface area (Å²) in [5, 5.41) is 0.0997. The zero-order valence-electron chi connectivity index (χ0n) is 16.2. The largest absolute Gasteiger partial charge is 0.497 e. The Hall–Kier alpha value is -2.84. The standard InChI is InChI=1S/C22H18N2O4S2/c1-11-3-7-13(8-4-11)24-20(25)16-15(12-5-9-14(28-2)10-6-12)17-19(23-22(27)30-17)29-18(16)21(24)26/h3-10,15-16,18H,1-2H3,(H,23,27)/t15-,16+,18-/m1/s1. The van der Waals surface area contributed by atoms with E-state index in [4.69, 9.17) is 4.74 Å². The number of aromatic nitrogens is 1. The van der Waals surface area contributed by atoms with Crippen molar-refractivity contribution in [1.82, 2.24) is 4.98 Å². The first-order chi connectivity index (χ1) is 14.5. The molecule has 0 radical (unpaired) electrons. The Kier molecular flexibility index (Phi) is 4.56. The SMILES string of the molecule is COc1ccc([C@H]2c3sc(=O)[nH]c3S[C@H]3C(=O)N(c4ccc(C)cc4)C(=O)[C@@H]23)cc1. The lowest BCUT2D eigenvalue weighted by Crippen LogP contribution is -2.32. The first kappa shape index (κ1) is 19.1. The van der Waals surface area contributed by atoms with Crippen molar-refractivity contribution in [2.75, 3.05) is 12.0 Å². The Morgan fingerprint density at radius 3 is 2.33 bits per heavy atom. The predicted octanol–water partition coefficient (Wildman–Crippen LogP) is 3.55. The fourth-order valence-corrected chi connectivity index (χ4v) is 6.65. The number of nitrogens with zero attached hydrogens (tertiary/aromatic N) is 1. The van der Waals surface area contributed by atoms with Crippen molar-refractivity contribution in [1.29, 1.82) is 0 Å². The smallest absolute Gasteiger partial charge is 0.305 e. The van der Waals surface area contributed by atoms with Crippen molar-refractivity contribution in [2.24, 2.45) is 5.92 Å². The molecule has 0 bridgehead atoms. The molecule has 0 aliphatic carbocycles. The van der Waals surface area contributed by atoms with Crippen molar-refractivity contribution in [3.05, 3.63) is 74.2 Å². The van der Waals surface area contributed by atoms with Crippen molar-refractivity contribution in [3.63, 3.8) is 0 Å². The minimum absolute atomic E-state index is 0.179. The van der Waals surface area contributed by atoms with Crippen molar-refractivity contribution < 1.29 is 14.3 Å². The van der Waals surface area contributed by atoms with Crippen LogP contribution in [-0.2, 0) is 9.59 Å². The molecule has 1 saturated heterocycles. The number of benzene rings is 2. The van der Waals surface area contributed by atoms with Crippen molar-refractivity contribution >= 4 is 40.6 Å². The third-order valence-corrected chi connectivity index (χ3v) is 7.99. The Balaban J connectivity index is 1.63. The van der Waals surface area contributed by atoms with Crippen LogP contribution in [0.2, 0.25) is 0 Å². The summed E-state index contributed by atoms with van der Waals surface area (Å²) in [4.78, 5) is 43.7. The number of aromatic amines is 1. The second kappa shape index (κ2) is 7.14. The normalized spacial score (nSPS) is 22.7. The lowest BCUT2D eigenvalue weighted by molar-refractivity contribution is -0.122. The van der Waals surface area contributed by atoms with Crippen molar-refractivity contribution in [3.8, 4) is 5.75 Å². The molecule has 2 aliphatic heterocycles. The molecule has 5 rings (SSSR count). The van der Waals surface area contributed by atoms with Crippen LogP contribution in [0, 0.1) is 12.8 Å². The highest BCUT2D eigenvalue weighted by Gasteiger charge is 2.56. The highest BCUT2D eigenvalue weighted by atomic mass is 32.2. The molecule has 1 fully saturated rings. The van der Waals surface area contributed by atoms with Crippen LogP contribution in [-0.4, -0.2) is 29.2 Å². The van der Waals surface area contributed by atoms with Crippen LogP contribution in [0.5, 0.6) is 5.75 Å². The van der Waals surface area contributed by atoms with Gasteiger partial charge < -0.3 is 9.72 Å². The van der Waals surface area contributed by atoms with E-state index in [1.807, 2.05) is 43.3 Å². The maximum Gasteiger partial charge on any atom is 0.305 e. The maximum atomic E-state index is 13.5. The molecule has 2 aliphatic rings. The third-order valence-electron chi connectivity index (χ3n) is 5.59. The van der Waals surface area contributed by atoms with Crippen LogP contribution in [0.1, 0.15) is 21.9 Å². The van der Waals surface area contributed by atoms with Gasteiger partial charge >= 0.3 is 4.87 Å². The van der Waals surface area contributed by atoms with Crippen LogP contribution < -0.4 is 14.5 Å². The summed E-state index contributed by atoms with van der Waals surface area (Å²) in [5.41, 5.74) is 2.52. The van der Waals surface area contributed by atoms with E-state index in [0.29, 0.717) is 16.5 Å². The average Bonchev–Trinajstić information content (AvgIpc) is 3.24. The van der Waals surface area contributed by atoms with Gasteiger partial charge in [-0.25, -0.2) is 4.90 Å². The fraction of sp³-hybridized carbons (Fsp3) is 0.227. The number of hydrogen-bond donors (Lipinski definition) is 1. The van der Waals surface area contributed by atoms with Gasteiger partial charge in [0.1, 0.15) is 11.0 Å². The number of H-pyrrole nitrogens is 1. The van der Waals surface area contributed by atoms with Crippen LogP contribution in [0.25, 0.3) is 0 Å². The predicted molar refractivity (Wildman–Crippen MR) is 117 cm³/mol. The molecule has 6 nitrogen and oxygen atoms in total. The van der Waals surface area contributed by atoms with E-state index in [2.05, 4.69) is 4.98 Å². The summed E-state index contributed by atoms with van der Waals surface area (Å²) in [6, 6.07) is 14.8. The minimum atomic E-state index is -0.580. The molecule has 3 aromatic rings. The topological polar surface area (TPSA) is 79.5 Å². The summed E-state index contributed by atoms with van der Waals surface area (Å²) in [5.74, 6) is -0.703. The Bertz CT molecular complexity index is 1200. The zero-order chi connectivity index (χ0) is 21.0. The van der Waals surface area contributed by atoms with E-state index in [9.17, 15) is 14.4 Å². The first-order valence-corrected chi connectivity index (χ1v) is 11.2. The van der Waals surface area contributed by atoms with Gasteiger partial charge in [0.15, 0.2) is 0 Å². The van der Waals surface area contributed by atoms with Crippen molar-refractivity contribution in [2.45, 2.75) is 23.1 Å². The number of rotatable bonds is 3. The number of ether oxygens (including phenoxy) is 1. The summed E-state index contributed by atoms with van der Waals surface area (Å²) in [6.07, 6.45) is 0. The number of hydrogen-bond acceptors (Lipinski definition) is 6. The van der Waals surface area contributed by atoms with Crippen LogP contribution in [0.15, 0.2) is 58.4 Å². The Morgan fingerprint density at radius 1 is 0.967 bits per heavy atom. The average molecular weight is 439 g/mol. The number of imide groups is 1. The molecule has 0 saturated carbocycles. The number of amides is 2. The quantitative estimate of drug-likeness (QED) is 0.633. The monoisotopic (exact) mass is 438 g/mol. The van der Waals surface area contributed by atoms with E-state index < -0.39 is 11.2 Å². The molecule has 3 atom stereocenters. The minimum Gasteiger partial charge on any atom is -0.497 e. The summed E-state index contributed by atoms with van der Waals surface area (Å²) in [6.45, 7) is 1.96. The number of fused-ring (bicyclic) bond motifs is 2. The van der Waals surface area contributed by atoms with Gasteiger partial charge in [-0.05, 0) is 36.8 Å². The van der Waals surface area contributed by atoms with Gasteiger partial charge in [0.25, 0.3) is 0 Å². The van der Waals surface area contributed by atoms with Gasteiger partial charge in [0.05, 0.1) is 23.7 Å². The number of thioether (sulfide) groups is 1. The molecule has 152 valence electrons. The third kappa shape index (κ3) is 2.90. The molecule has 2 amide bonds. The molecule has 1 aromatic heterocycles. The number of nitrogens with one attached hydrogen (secondary N) is 1. The fourth-order valence-electron chi connectivity index (χ4n) is 4.14. The van der Waals surface area contributed by atoms with E-state index in [0.717, 1.165) is 27.3 Å². The Morgan fingerprint density at radius 2 is 1.67 bits per heavy atom. The lowest BCUT2D eigenvalue weighted by Gasteiger charge is -2.29. The molecule has 8 heteroatoms. The zero-order valence-corrected chi connectivity index (χ0v) is 17.9. The summed E-state index contributed by atoms with van der Waals surface area (Å²) in [7, 11) is 1.59. The number of carbonyl (C=O) groups excluding carboxylic acids is 2. The highest BCUT2D eigenvalue weighted by Crippen LogP contribution is 2.53. The second-order valence-corrected chi connectivity index (χ2v) is 9.54. The molecular formula is C22H18N2O4S2. The van der Waals surface area contributed by atoms with Gasteiger partial charge in [-0.1, -0.05) is 52.9 Å². The van der Waals surface area contributed by atoms with E-state index in [1.165, 1.54) is 16.7 Å². The molecule has 30 heavy (non-hydrogen) atoms. The second-order valence-electron chi connectivity index (χ2n) is 7.37. The van der Waals surface area contributed by atoms with E-state index in [-0.39, 0.29) is 22.6 Å². The molecule has 0 unspecified atom stereocenters. The van der Waals surface area contributed by atoms with Gasteiger partial charge in [-0.2, -0.15) is 0 Å². The summed E-state index contributed by atoms with van der Waals surface area (Å²) < 4.78 is 5.25. The maximum absolute atomic E-state index is 13.5. The Labute approximate surface area is 180 Å². The summed E-state index contributed by atoms with van der Waals surface area (Å²) >= 11 is 2.40. The molecule has 0 spiro atoms. The van der Waals surface area contributed by atoms with E-state index >= 15 is 0 Å². The first-order valence-electron chi connectivity index (χ1n) is 9.46. The number of thiazole rings is 1. The molecule has 2 aromatic carbocycles. The number of carbonyl (C=O) groups is 2. The van der Waals surface area contributed by atoms with Crippen LogP contribution in [0.4, 0.5) is 5.69 Å². The van der Waals surface area contributed by atoms with E-state index in [1.54, 1.807) is 19.2 Å². The molecular weight excluding hydrogens is 420 g/mol. The number of anilines is 1. The lowest BCUT2D eigenvalue weighted by atomic mass is 9.83. The van der Waals surface area contributed by atoms with Crippen LogP contribution >= 0.6 is 23.1 Å².